The molecule has 0 heterocycles. The van der Waals surface area contributed by atoms with E-state index in [2.05, 4.69) is 69.2 Å². The Hall–Kier alpha value is 1.10. The van der Waals surface area contributed by atoms with Gasteiger partial charge in [-0.05, 0) is 60.4 Å². The number of rotatable bonds is 20. The molecule has 0 N–H and O–H groups in total. The highest BCUT2D eigenvalue weighted by Crippen LogP contribution is 2.26. The molecule has 0 amide bonds. The molecular weight excluding hydrogens is 489 g/mol. The Kier molecular flexibility index (Phi) is 18.1. The second kappa shape index (κ2) is 17.5. The van der Waals surface area contributed by atoms with E-state index in [1.165, 1.54) is 0 Å². The third-order valence-electron chi connectivity index (χ3n) is 6.36. The SMILES string of the molecule is CC[Si](O[Si](CC)O[Si](CC)O[Si](CC)(CC)CC)O[Si](CC)O[Si](CC)(CC)CC. The number of hydrogen-bond acceptors (Lipinski definition) is 5. The van der Waals surface area contributed by atoms with Gasteiger partial charge in [0, 0.05) is 0 Å². The third-order valence-corrected chi connectivity index (χ3v) is 27.2. The lowest BCUT2D eigenvalue weighted by molar-refractivity contribution is 0.318. The summed E-state index contributed by atoms with van der Waals surface area (Å²) in [6.45, 7) is 22.4. The van der Waals surface area contributed by atoms with Gasteiger partial charge in [-0.2, -0.15) is 0 Å². The third kappa shape index (κ3) is 10.9. The molecule has 0 aromatic rings. The van der Waals surface area contributed by atoms with Crippen molar-refractivity contribution in [2.45, 2.75) is 130 Å². The van der Waals surface area contributed by atoms with Crippen LogP contribution in [0, 0.1) is 0 Å². The summed E-state index contributed by atoms with van der Waals surface area (Å²) in [5, 5.41) is 0. The summed E-state index contributed by atoms with van der Waals surface area (Å²) in [7, 11) is -8.64. The zero-order chi connectivity index (χ0) is 23.9. The van der Waals surface area contributed by atoms with Gasteiger partial charge in [-0.25, -0.2) is 0 Å². The van der Waals surface area contributed by atoms with Crippen molar-refractivity contribution in [2.75, 3.05) is 0 Å². The van der Waals surface area contributed by atoms with Crippen LogP contribution in [0.2, 0.25) is 60.4 Å². The molecule has 0 atom stereocenters. The minimum absolute atomic E-state index is 0.922. The van der Waals surface area contributed by atoms with Crippen molar-refractivity contribution < 1.29 is 20.6 Å². The van der Waals surface area contributed by atoms with E-state index in [4.69, 9.17) is 20.6 Å². The fourth-order valence-corrected chi connectivity index (χ4v) is 23.6. The summed E-state index contributed by atoms with van der Waals surface area (Å²) in [5.74, 6) is 0. The van der Waals surface area contributed by atoms with Gasteiger partial charge < -0.3 is 20.6 Å². The summed E-state index contributed by atoms with van der Waals surface area (Å²) < 4.78 is 33.0. The molecule has 0 saturated heterocycles. The van der Waals surface area contributed by atoms with Crippen molar-refractivity contribution in [1.29, 1.82) is 0 Å². The molecule has 31 heavy (non-hydrogen) atoms. The van der Waals surface area contributed by atoms with Crippen molar-refractivity contribution in [1.82, 2.24) is 0 Å². The first-order valence-corrected chi connectivity index (χ1v) is 23.8. The molecule has 4 radical (unpaired) electrons. The van der Waals surface area contributed by atoms with Gasteiger partial charge in [-0.3, -0.25) is 0 Å². The van der Waals surface area contributed by atoms with Gasteiger partial charge in [0.2, 0.25) is 0 Å². The van der Waals surface area contributed by atoms with E-state index >= 15 is 0 Å². The second-order valence-corrected chi connectivity index (χ2v) is 26.8. The van der Waals surface area contributed by atoms with Gasteiger partial charge in [0.1, 0.15) is 0 Å². The predicted octanol–water partition coefficient (Wildman–Crippen LogP) is 7.11. The standard InChI is InChI=1S/C20H50O5Si6/c1-11-26(22-28(13-3)24-30(15-5,16-6)17-7)21-27(12-2)23-29(14-4)25-31(18-8,19-9)20-10/h11-20H2,1-10H3. The van der Waals surface area contributed by atoms with E-state index in [0.29, 0.717) is 0 Å². The molecule has 0 aromatic carbocycles. The van der Waals surface area contributed by atoms with E-state index in [1.807, 2.05) is 0 Å². The van der Waals surface area contributed by atoms with Gasteiger partial charge in [-0.1, -0.05) is 69.2 Å². The molecule has 0 aliphatic carbocycles. The first kappa shape index (κ1) is 32.1. The lowest BCUT2D eigenvalue weighted by Gasteiger charge is -2.34. The van der Waals surface area contributed by atoms with Crippen LogP contribution in [0.15, 0.2) is 0 Å². The monoisotopic (exact) mass is 538 g/mol. The molecule has 5 nitrogen and oxygen atoms in total. The lowest BCUT2D eigenvalue weighted by atomic mass is 10.9. The summed E-state index contributed by atoms with van der Waals surface area (Å²) in [5.41, 5.74) is 0. The van der Waals surface area contributed by atoms with E-state index < -0.39 is 53.8 Å². The topological polar surface area (TPSA) is 46.2 Å². The first-order valence-electron chi connectivity index (χ1n) is 12.6. The largest absolute Gasteiger partial charge is 0.435 e. The quantitative estimate of drug-likeness (QED) is 0.154. The van der Waals surface area contributed by atoms with Crippen molar-refractivity contribution in [3.8, 4) is 0 Å². The van der Waals surface area contributed by atoms with Crippen LogP contribution < -0.4 is 0 Å². The van der Waals surface area contributed by atoms with Crippen LogP contribution in [-0.2, 0) is 20.6 Å². The highest BCUT2D eigenvalue weighted by Gasteiger charge is 2.38. The molecule has 0 spiro atoms. The average molecular weight is 539 g/mol. The zero-order valence-corrected chi connectivity index (χ0v) is 28.1. The van der Waals surface area contributed by atoms with Gasteiger partial charge >= 0.3 is 37.1 Å². The molecule has 0 aliphatic rings. The Morgan fingerprint density at radius 3 is 0.806 bits per heavy atom. The van der Waals surface area contributed by atoms with Crippen LogP contribution in [0.25, 0.3) is 0 Å². The van der Waals surface area contributed by atoms with E-state index in [1.54, 1.807) is 0 Å². The molecule has 0 aromatic heterocycles. The molecular formula is C20H50O5Si6. The van der Waals surface area contributed by atoms with Crippen LogP contribution >= 0.6 is 0 Å². The Morgan fingerprint density at radius 2 is 0.613 bits per heavy atom. The fraction of sp³-hybridized carbons (Fsp3) is 1.00. The van der Waals surface area contributed by atoms with Gasteiger partial charge in [0.25, 0.3) is 0 Å². The highest BCUT2D eigenvalue weighted by molar-refractivity contribution is 6.81. The van der Waals surface area contributed by atoms with Crippen molar-refractivity contribution in [2.24, 2.45) is 0 Å². The first-order chi connectivity index (χ1) is 14.8. The Balaban J connectivity index is 5.10. The molecule has 0 fully saturated rings. The van der Waals surface area contributed by atoms with Crippen molar-refractivity contribution in [3.05, 3.63) is 0 Å². The molecule has 0 bridgehead atoms. The van der Waals surface area contributed by atoms with E-state index in [-0.39, 0.29) is 0 Å². The molecule has 0 rings (SSSR count). The molecule has 11 heteroatoms. The molecule has 0 unspecified atom stereocenters. The predicted molar refractivity (Wildman–Crippen MR) is 145 cm³/mol. The van der Waals surface area contributed by atoms with E-state index in [0.717, 1.165) is 60.4 Å². The smallest absolute Gasteiger partial charge is 0.365 e. The molecule has 0 aliphatic heterocycles. The van der Waals surface area contributed by atoms with Crippen LogP contribution in [0.1, 0.15) is 69.2 Å². The Morgan fingerprint density at radius 1 is 0.387 bits per heavy atom. The van der Waals surface area contributed by atoms with Crippen molar-refractivity contribution >= 4 is 53.8 Å². The fourth-order valence-electron chi connectivity index (χ4n) is 3.46. The average Bonchev–Trinajstić information content (AvgIpc) is 2.83. The maximum Gasteiger partial charge on any atom is 0.365 e. The molecule has 184 valence electrons. The minimum atomic E-state index is -1.65. The highest BCUT2D eigenvalue weighted by atomic mass is 28.5. The number of hydrogen-bond donors (Lipinski definition) is 0. The summed E-state index contributed by atoms with van der Waals surface area (Å²) in [4.78, 5) is 0. The maximum atomic E-state index is 6.72. The second-order valence-electron chi connectivity index (χ2n) is 7.90. The van der Waals surface area contributed by atoms with Crippen LogP contribution in [0.3, 0.4) is 0 Å². The summed E-state index contributed by atoms with van der Waals surface area (Å²) in [6.07, 6.45) is 0. The minimum Gasteiger partial charge on any atom is -0.435 e. The van der Waals surface area contributed by atoms with Crippen molar-refractivity contribution in [3.63, 3.8) is 0 Å². The van der Waals surface area contributed by atoms with Gasteiger partial charge in [0.05, 0.1) is 0 Å². The maximum absolute atomic E-state index is 6.72. The lowest BCUT2D eigenvalue weighted by Crippen LogP contribution is -2.48. The normalized spacial score (nSPS) is 13.4. The van der Waals surface area contributed by atoms with Gasteiger partial charge in [0.15, 0.2) is 16.6 Å². The summed E-state index contributed by atoms with van der Waals surface area (Å²) in [6, 6.07) is 10.8. The molecule has 0 saturated carbocycles. The van der Waals surface area contributed by atoms with E-state index in [9.17, 15) is 0 Å². The Labute approximate surface area is 203 Å². The van der Waals surface area contributed by atoms with Crippen LogP contribution in [0.5, 0.6) is 0 Å². The summed E-state index contributed by atoms with van der Waals surface area (Å²) >= 11 is 0. The van der Waals surface area contributed by atoms with Crippen LogP contribution in [0.4, 0.5) is 0 Å². The van der Waals surface area contributed by atoms with Crippen LogP contribution in [-0.4, -0.2) is 53.8 Å². The Bertz CT molecular complexity index is 386. The zero-order valence-electron chi connectivity index (χ0n) is 22.1. The van der Waals surface area contributed by atoms with Gasteiger partial charge in [-0.15, -0.1) is 0 Å².